The van der Waals surface area contributed by atoms with E-state index in [1.807, 2.05) is 4.90 Å². The number of anilines is 2. The van der Waals surface area contributed by atoms with Gasteiger partial charge in [0, 0.05) is 30.2 Å². The first-order chi connectivity index (χ1) is 19.3. The van der Waals surface area contributed by atoms with E-state index >= 15 is 0 Å². The number of amides is 1. The van der Waals surface area contributed by atoms with Crippen LogP contribution in [0.3, 0.4) is 0 Å². The average Bonchev–Trinajstić information content (AvgIpc) is 2.90. The minimum atomic E-state index is -4.59. The van der Waals surface area contributed by atoms with Gasteiger partial charge in [0.1, 0.15) is 0 Å². The number of primary amides is 1. The lowest BCUT2D eigenvalue weighted by Gasteiger charge is -2.49. The maximum atomic E-state index is 14.0. The van der Waals surface area contributed by atoms with Gasteiger partial charge in [0.25, 0.3) is 10.0 Å². The van der Waals surface area contributed by atoms with Crippen molar-refractivity contribution < 1.29 is 26.4 Å². The Bertz CT molecular complexity index is 1630. The number of nitrogens with zero attached hydrogens (tertiary/aromatic N) is 3. The summed E-state index contributed by atoms with van der Waals surface area (Å²) in [6, 6.07) is 15.1. The van der Waals surface area contributed by atoms with Crippen LogP contribution in [0.5, 0.6) is 0 Å². The molecule has 0 spiro atoms. The third kappa shape index (κ3) is 5.93. The largest absolute Gasteiger partial charge is 0.417 e. The number of fused-ring (bicyclic) bond motifs is 3. The highest BCUT2D eigenvalue weighted by molar-refractivity contribution is 7.92. The zero-order valence-electron chi connectivity index (χ0n) is 22.1. The quantitative estimate of drug-likeness (QED) is 0.399. The van der Waals surface area contributed by atoms with Crippen LogP contribution < -0.4 is 14.9 Å². The zero-order valence-corrected chi connectivity index (χ0v) is 23.7. The maximum Gasteiger partial charge on any atom is 0.417 e. The number of benzene rings is 3. The molecule has 0 radical (unpaired) electrons. The molecule has 41 heavy (non-hydrogen) atoms. The van der Waals surface area contributed by atoms with Gasteiger partial charge in [0.2, 0.25) is 5.91 Å². The molecule has 5 rings (SSSR count). The van der Waals surface area contributed by atoms with Crippen molar-refractivity contribution >= 4 is 51.1 Å². The summed E-state index contributed by atoms with van der Waals surface area (Å²) in [6.45, 7) is 3.56. The summed E-state index contributed by atoms with van der Waals surface area (Å²) in [7, 11) is -4.00. The molecule has 2 aliphatic heterocycles. The van der Waals surface area contributed by atoms with E-state index in [1.54, 1.807) is 43.3 Å². The molecule has 1 atom stereocenters. The van der Waals surface area contributed by atoms with Gasteiger partial charge in [-0.05, 0) is 54.4 Å². The Hall–Kier alpha value is -3.54. The monoisotopic (exact) mass is 604 g/mol. The van der Waals surface area contributed by atoms with Crippen molar-refractivity contribution in [3.05, 3.63) is 87.9 Å². The molecule has 3 aromatic carbocycles. The predicted octanol–water partition coefficient (Wildman–Crippen LogP) is 5.02. The standard InChI is InChI=1S/C29H28ClF3N4O3S/c1-19-4-2-5-22(14-19)41(39,40)37-17-21-16-35(18-28(34)38)12-13-36(21)26-11-9-20(15-27(26)37)8-10-23-24(29(31,32)33)6-3-7-25(23)30/h2-11,14-15,21H,12-13,16-18H2,1H3,(H2,34,38)/b10-8+/t21-/m0/s1. The van der Waals surface area contributed by atoms with Gasteiger partial charge in [-0.25, -0.2) is 8.42 Å². The summed E-state index contributed by atoms with van der Waals surface area (Å²) in [4.78, 5) is 15.7. The van der Waals surface area contributed by atoms with E-state index < -0.39 is 27.7 Å². The van der Waals surface area contributed by atoms with E-state index in [-0.39, 0.29) is 34.6 Å². The number of hydrogen-bond acceptors (Lipinski definition) is 5. The molecule has 0 bridgehead atoms. The van der Waals surface area contributed by atoms with Gasteiger partial charge in [-0.2, -0.15) is 13.2 Å². The molecule has 0 aliphatic carbocycles. The molecule has 0 aromatic heterocycles. The number of aryl methyl sites for hydroxylation is 1. The first-order valence-corrected chi connectivity index (χ1v) is 14.7. The summed E-state index contributed by atoms with van der Waals surface area (Å²) in [5.41, 5.74) is 6.77. The third-order valence-corrected chi connectivity index (χ3v) is 9.38. The Balaban J connectivity index is 1.58. The van der Waals surface area contributed by atoms with Crippen molar-refractivity contribution in [1.82, 2.24) is 4.90 Å². The normalized spacial score (nSPS) is 17.9. The van der Waals surface area contributed by atoms with Crippen LogP contribution in [-0.2, 0) is 21.0 Å². The van der Waals surface area contributed by atoms with Gasteiger partial charge in [-0.15, -0.1) is 0 Å². The number of piperazine rings is 1. The lowest BCUT2D eigenvalue weighted by atomic mass is 10.0. The smallest absolute Gasteiger partial charge is 0.369 e. The van der Waals surface area contributed by atoms with Gasteiger partial charge >= 0.3 is 6.18 Å². The summed E-state index contributed by atoms with van der Waals surface area (Å²) in [5, 5.41) is -0.0469. The van der Waals surface area contributed by atoms with Crippen molar-refractivity contribution in [3.63, 3.8) is 0 Å². The fourth-order valence-corrected chi connectivity index (χ4v) is 7.25. The molecule has 216 valence electrons. The van der Waals surface area contributed by atoms with Crippen LogP contribution >= 0.6 is 11.6 Å². The van der Waals surface area contributed by atoms with Gasteiger partial charge in [-0.1, -0.05) is 48.0 Å². The average molecular weight is 605 g/mol. The SMILES string of the molecule is Cc1cccc(S(=O)(=O)N2C[C@@H]3CN(CC(N)=O)CCN3c3ccc(/C=C/c4c(Cl)cccc4C(F)(F)F)cc32)c1. The first kappa shape index (κ1) is 29.0. The number of carbonyl (C=O) groups is 1. The second-order valence-corrected chi connectivity index (χ2v) is 12.5. The summed E-state index contributed by atoms with van der Waals surface area (Å²) < 4.78 is 70.1. The Morgan fingerprint density at radius 2 is 1.78 bits per heavy atom. The van der Waals surface area contributed by atoms with Crippen molar-refractivity contribution in [2.24, 2.45) is 5.73 Å². The summed E-state index contributed by atoms with van der Waals surface area (Å²) >= 11 is 6.12. The molecule has 1 fully saturated rings. The number of rotatable bonds is 6. The highest BCUT2D eigenvalue weighted by Crippen LogP contribution is 2.41. The molecule has 2 heterocycles. The molecule has 0 saturated carbocycles. The molecule has 7 nitrogen and oxygen atoms in total. The lowest BCUT2D eigenvalue weighted by Crippen LogP contribution is -2.61. The Morgan fingerprint density at radius 3 is 2.49 bits per heavy atom. The second-order valence-electron chi connectivity index (χ2n) is 10.2. The molecular weight excluding hydrogens is 577 g/mol. The molecule has 1 amide bonds. The van der Waals surface area contributed by atoms with Crippen LogP contribution in [0, 0.1) is 6.92 Å². The molecule has 0 unspecified atom stereocenters. The van der Waals surface area contributed by atoms with E-state index in [2.05, 4.69) is 4.90 Å². The Kier molecular flexibility index (Phi) is 7.80. The molecule has 1 saturated heterocycles. The highest BCUT2D eigenvalue weighted by Gasteiger charge is 2.40. The van der Waals surface area contributed by atoms with Gasteiger partial charge in [-0.3, -0.25) is 14.0 Å². The molecule has 12 heteroatoms. The van der Waals surface area contributed by atoms with E-state index in [1.165, 1.54) is 34.7 Å². The molecular formula is C29H28ClF3N4O3S. The molecule has 2 aliphatic rings. The van der Waals surface area contributed by atoms with Crippen LogP contribution in [0.4, 0.5) is 24.5 Å². The number of halogens is 4. The minimum absolute atomic E-state index is 0.0469. The number of carbonyl (C=O) groups excluding carboxylic acids is 1. The zero-order chi connectivity index (χ0) is 29.5. The minimum Gasteiger partial charge on any atom is -0.369 e. The lowest BCUT2D eigenvalue weighted by molar-refractivity contribution is -0.137. The van der Waals surface area contributed by atoms with Gasteiger partial charge in [0.05, 0.1) is 41.0 Å². The summed E-state index contributed by atoms with van der Waals surface area (Å²) in [5.74, 6) is -0.456. The maximum absolute atomic E-state index is 14.0. The van der Waals surface area contributed by atoms with Crippen molar-refractivity contribution in [3.8, 4) is 0 Å². The van der Waals surface area contributed by atoms with E-state index in [9.17, 15) is 26.4 Å². The van der Waals surface area contributed by atoms with Crippen LogP contribution in [0.2, 0.25) is 5.02 Å². The van der Waals surface area contributed by atoms with Crippen LogP contribution in [0.1, 0.15) is 22.3 Å². The number of nitrogens with two attached hydrogens (primary N) is 1. The van der Waals surface area contributed by atoms with Crippen molar-refractivity contribution in [2.45, 2.75) is 24.0 Å². The molecule has 3 aromatic rings. The van der Waals surface area contributed by atoms with E-state index in [0.717, 1.165) is 11.6 Å². The Labute approximate surface area is 241 Å². The van der Waals surface area contributed by atoms with E-state index in [0.29, 0.717) is 36.6 Å². The van der Waals surface area contributed by atoms with Gasteiger partial charge < -0.3 is 10.6 Å². The van der Waals surface area contributed by atoms with Gasteiger partial charge in [0.15, 0.2) is 0 Å². The van der Waals surface area contributed by atoms with Crippen molar-refractivity contribution in [1.29, 1.82) is 0 Å². The topological polar surface area (TPSA) is 87.0 Å². The fourth-order valence-electron chi connectivity index (χ4n) is 5.40. The van der Waals surface area contributed by atoms with Crippen LogP contribution in [-0.4, -0.2) is 58.0 Å². The Morgan fingerprint density at radius 1 is 1.02 bits per heavy atom. The van der Waals surface area contributed by atoms with Crippen LogP contribution in [0.15, 0.2) is 65.6 Å². The number of hydrogen-bond donors (Lipinski definition) is 1. The summed E-state index contributed by atoms with van der Waals surface area (Å²) in [6.07, 6.45) is -1.81. The third-order valence-electron chi connectivity index (χ3n) is 7.28. The number of sulfonamides is 1. The fraction of sp³-hybridized carbons (Fsp3) is 0.276. The second kappa shape index (κ2) is 11.0. The van der Waals surface area contributed by atoms with E-state index in [4.69, 9.17) is 17.3 Å². The first-order valence-electron chi connectivity index (χ1n) is 12.9. The highest BCUT2D eigenvalue weighted by atomic mass is 35.5. The predicted molar refractivity (Wildman–Crippen MR) is 154 cm³/mol. The van der Waals surface area contributed by atoms with Crippen molar-refractivity contribution in [2.75, 3.05) is 41.9 Å². The molecule has 2 N–H and O–H groups in total. The van der Waals surface area contributed by atoms with Crippen LogP contribution in [0.25, 0.3) is 12.2 Å². The number of alkyl halides is 3.